The molecule has 7 nitrogen and oxygen atoms in total. The molecule has 5 rings (SSSR count). The first-order valence-corrected chi connectivity index (χ1v) is 11.7. The van der Waals surface area contributed by atoms with Crippen molar-refractivity contribution in [1.82, 2.24) is 25.0 Å². The minimum atomic E-state index is 0.153. The highest BCUT2D eigenvalue weighted by Crippen LogP contribution is 2.30. The van der Waals surface area contributed by atoms with Crippen molar-refractivity contribution in [3.8, 4) is 11.3 Å². The molecule has 3 heterocycles. The molecule has 0 N–H and O–H groups in total. The highest BCUT2D eigenvalue weighted by molar-refractivity contribution is 5.86. The van der Waals surface area contributed by atoms with Gasteiger partial charge in [0.25, 0.3) is 0 Å². The molecular formula is C25H31N5O2. The number of likely N-dealkylation sites (N-methyl/N-ethyl adjacent to an activating group) is 1. The lowest BCUT2D eigenvalue weighted by atomic mass is 9.81. The molecule has 0 radical (unpaired) electrons. The van der Waals surface area contributed by atoms with E-state index in [2.05, 4.69) is 32.0 Å². The first-order valence-electron chi connectivity index (χ1n) is 11.7. The van der Waals surface area contributed by atoms with Crippen LogP contribution in [0.2, 0.25) is 0 Å². The number of ketones is 1. The lowest BCUT2D eigenvalue weighted by Gasteiger charge is -2.40. The molecule has 0 atom stereocenters. The van der Waals surface area contributed by atoms with Gasteiger partial charge in [0.15, 0.2) is 5.89 Å². The van der Waals surface area contributed by atoms with Crippen molar-refractivity contribution in [2.24, 2.45) is 5.92 Å². The topological polar surface area (TPSA) is 75.4 Å². The van der Waals surface area contributed by atoms with Crippen LogP contribution in [-0.2, 0) is 11.2 Å². The summed E-state index contributed by atoms with van der Waals surface area (Å²) in [6.07, 6.45) is 6.27. The van der Waals surface area contributed by atoms with E-state index in [0.717, 1.165) is 79.7 Å². The van der Waals surface area contributed by atoms with Crippen molar-refractivity contribution in [1.29, 1.82) is 0 Å². The summed E-state index contributed by atoms with van der Waals surface area (Å²) in [6.45, 7) is 6.44. The number of fused-ring (bicyclic) bond motifs is 1. The number of piperazine rings is 1. The Hall–Kier alpha value is -2.64. The molecule has 0 unspecified atom stereocenters. The predicted octanol–water partition coefficient (Wildman–Crippen LogP) is 3.51. The number of hydrogen-bond acceptors (Lipinski definition) is 7. The number of carbonyl (C=O) groups is 1. The van der Waals surface area contributed by atoms with Gasteiger partial charge in [0.1, 0.15) is 17.7 Å². The summed E-state index contributed by atoms with van der Waals surface area (Å²) in [5.41, 5.74) is 3.34. The van der Waals surface area contributed by atoms with Crippen LogP contribution in [0.15, 0.2) is 34.9 Å². The number of aryl methyl sites for hydroxylation is 1. The van der Waals surface area contributed by atoms with Gasteiger partial charge in [-0.25, -0.2) is 4.98 Å². The quantitative estimate of drug-likeness (QED) is 0.609. The highest BCUT2D eigenvalue weighted by Gasteiger charge is 2.30. The fraction of sp³-hybridized carbons (Fsp3) is 0.520. The zero-order valence-corrected chi connectivity index (χ0v) is 19.0. The Balaban J connectivity index is 1.22. The second kappa shape index (κ2) is 9.08. The fourth-order valence-corrected chi connectivity index (χ4v) is 5.10. The van der Waals surface area contributed by atoms with Gasteiger partial charge in [-0.05, 0) is 50.9 Å². The van der Waals surface area contributed by atoms with Gasteiger partial charge in [-0.3, -0.25) is 9.69 Å². The first-order chi connectivity index (χ1) is 15.5. The van der Waals surface area contributed by atoms with Crippen molar-refractivity contribution in [2.75, 3.05) is 33.2 Å². The average molecular weight is 434 g/mol. The zero-order valence-electron chi connectivity index (χ0n) is 19.0. The summed E-state index contributed by atoms with van der Waals surface area (Å²) in [5.74, 6) is 1.10. The van der Waals surface area contributed by atoms with Crippen molar-refractivity contribution in [3.63, 3.8) is 0 Å². The number of oxazole rings is 1. The highest BCUT2D eigenvalue weighted by atomic mass is 16.3. The second-order valence-corrected chi connectivity index (χ2v) is 9.35. The van der Waals surface area contributed by atoms with Crippen molar-refractivity contribution in [2.45, 2.75) is 45.1 Å². The molecule has 0 amide bonds. The van der Waals surface area contributed by atoms with Crippen LogP contribution in [0.25, 0.3) is 22.2 Å². The molecule has 2 fully saturated rings. The van der Waals surface area contributed by atoms with Gasteiger partial charge in [-0.2, -0.15) is 10.2 Å². The minimum absolute atomic E-state index is 0.153. The van der Waals surface area contributed by atoms with E-state index in [-0.39, 0.29) is 5.92 Å². The van der Waals surface area contributed by atoms with E-state index in [9.17, 15) is 4.79 Å². The molecule has 0 bridgehead atoms. The number of benzene rings is 1. The molecule has 32 heavy (non-hydrogen) atoms. The molecule has 1 saturated carbocycles. The molecule has 7 heteroatoms. The molecule has 2 aromatic heterocycles. The van der Waals surface area contributed by atoms with E-state index in [4.69, 9.17) is 4.42 Å². The van der Waals surface area contributed by atoms with Crippen molar-refractivity contribution >= 4 is 16.7 Å². The Bertz CT molecular complexity index is 1090. The van der Waals surface area contributed by atoms with Gasteiger partial charge in [-0.1, -0.05) is 6.07 Å². The van der Waals surface area contributed by atoms with E-state index in [0.29, 0.717) is 24.1 Å². The summed E-state index contributed by atoms with van der Waals surface area (Å²) in [5, 5.41) is 9.64. The Morgan fingerprint density at radius 2 is 1.84 bits per heavy atom. The van der Waals surface area contributed by atoms with Gasteiger partial charge in [-0.15, -0.1) is 0 Å². The molecule has 1 aromatic carbocycles. The van der Waals surface area contributed by atoms with Gasteiger partial charge >= 0.3 is 0 Å². The first kappa shape index (κ1) is 21.2. The normalized spacial score (nSPS) is 22.9. The Labute approximate surface area is 188 Å². The van der Waals surface area contributed by atoms with Crippen LogP contribution in [-0.4, -0.2) is 70.0 Å². The minimum Gasteiger partial charge on any atom is -0.449 e. The molecule has 2 aliphatic rings. The Kier molecular flexibility index (Phi) is 6.02. The zero-order chi connectivity index (χ0) is 22.1. The van der Waals surface area contributed by atoms with Gasteiger partial charge < -0.3 is 9.32 Å². The predicted molar refractivity (Wildman–Crippen MR) is 123 cm³/mol. The third kappa shape index (κ3) is 4.59. The van der Waals surface area contributed by atoms with Crippen molar-refractivity contribution < 1.29 is 9.21 Å². The third-order valence-electron chi connectivity index (χ3n) is 7.11. The lowest BCUT2D eigenvalue weighted by Crippen LogP contribution is -2.50. The van der Waals surface area contributed by atoms with Gasteiger partial charge in [0.2, 0.25) is 0 Å². The van der Waals surface area contributed by atoms with Crippen LogP contribution in [0.1, 0.15) is 37.3 Å². The molecule has 3 aromatic rings. The summed E-state index contributed by atoms with van der Waals surface area (Å²) >= 11 is 0. The largest absolute Gasteiger partial charge is 0.449 e. The smallest absolute Gasteiger partial charge is 0.191 e. The number of nitrogens with zero attached hydrogens (tertiary/aromatic N) is 5. The molecule has 0 spiro atoms. The standard InChI is InChI=1S/C25H31N5O2/c1-17-26-24(16-32-17)19-5-8-23-20(13-19)14-21(27-28-23)15-25(31)18-3-6-22(7-4-18)30-11-9-29(2)10-12-30/h5,8,13-14,16,18,22H,3-4,6-7,9-12,15H2,1-2H3. The molecule has 1 aliphatic carbocycles. The number of rotatable bonds is 5. The van der Waals surface area contributed by atoms with Gasteiger partial charge in [0.05, 0.1) is 17.6 Å². The van der Waals surface area contributed by atoms with Gasteiger partial charge in [0, 0.05) is 56.0 Å². The van der Waals surface area contributed by atoms with E-state index < -0.39 is 0 Å². The van der Waals surface area contributed by atoms with E-state index in [1.165, 1.54) is 0 Å². The van der Waals surface area contributed by atoms with Crippen LogP contribution in [0.4, 0.5) is 0 Å². The second-order valence-electron chi connectivity index (χ2n) is 9.35. The number of aromatic nitrogens is 3. The molecule has 1 aliphatic heterocycles. The van der Waals surface area contributed by atoms with Crippen LogP contribution in [0.3, 0.4) is 0 Å². The third-order valence-corrected chi connectivity index (χ3v) is 7.11. The number of carbonyl (C=O) groups excluding carboxylic acids is 1. The summed E-state index contributed by atoms with van der Waals surface area (Å²) in [6, 6.07) is 8.58. The maximum absolute atomic E-state index is 13.0. The van der Waals surface area contributed by atoms with Crippen LogP contribution in [0.5, 0.6) is 0 Å². The maximum Gasteiger partial charge on any atom is 0.191 e. The summed E-state index contributed by atoms with van der Waals surface area (Å²) in [4.78, 5) is 22.4. The fourth-order valence-electron chi connectivity index (χ4n) is 5.10. The SMILES string of the molecule is Cc1nc(-c2ccc3nnc(CC(=O)C4CCC(N5CCN(C)CC5)CC4)cc3c2)co1. The van der Waals surface area contributed by atoms with Crippen LogP contribution >= 0.6 is 0 Å². The number of hydrogen-bond donors (Lipinski definition) is 0. The van der Waals surface area contributed by atoms with Crippen molar-refractivity contribution in [3.05, 3.63) is 42.1 Å². The maximum atomic E-state index is 13.0. The summed E-state index contributed by atoms with van der Waals surface area (Å²) in [7, 11) is 2.19. The van der Waals surface area contributed by atoms with Crippen LogP contribution < -0.4 is 0 Å². The van der Waals surface area contributed by atoms with E-state index >= 15 is 0 Å². The Morgan fingerprint density at radius 1 is 1.06 bits per heavy atom. The molecular weight excluding hydrogens is 402 g/mol. The number of Topliss-reactive ketones (excluding diaryl/α,β-unsaturated/α-hetero) is 1. The van der Waals surface area contributed by atoms with Crippen LogP contribution in [0, 0.1) is 12.8 Å². The molecule has 1 saturated heterocycles. The average Bonchev–Trinajstić information content (AvgIpc) is 3.25. The lowest BCUT2D eigenvalue weighted by molar-refractivity contribution is -0.123. The summed E-state index contributed by atoms with van der Waals surface area (Å²) < 4.78 is 5.34. The van der Waals surface area contributed by atoms with E-state index in [1.807, 2.05) is 31.2 Å². The molecule has 168 valence electrons. The monoisotopic (exact) mass is 433 g/mol. The van der Waals surface area contributed by atoms with E-state index in [1.54, 1.807) is 6.26 Å². The Morgan fingerprint density at radius 3 is 2.56 bits per heavy atom.